The zero-order chi connectivity index (χ0) is 15.8. The van der Waals surface area contributed by atoms with Gasteiger partial charge in [0, 0.05) is 38.4 Å². The Labute approximate surface area is 133 Å². The molecule has 1 aromatic rings. The fourth-order valence-corrected chi connectivity index (χ4v) is 2.58. The standard InChI is InChI=1S/C17H27N3O2/c1-3-20(4-2)17(21)18-16-7-5-15(6-8-16)9-10-19-11-13-22-14-12-19/h5-8H,3-4,9-14H2,1-2H3,(H,18,21). The molecule has 5 heteroatoms. The lowest BCUT2D eigenvalue weighted by atomic mass is 10.1. The summed E-state index contributed by atoms with van der Waals surface area (Å²) >= 11 is 0. The van der Waals surface area contributed by atoms with Crippen LogP contribution in [0.4, 0.5) is 10.5 Å². The summed E-state index contributed by atoms with van der Waals surface area (Å²) in [5, 5.41) is 2.94. The average molecular weight is 305 g/mol. The molecule has 1 saturated heterocycles. The van der Waals surface area contributed by atoms with Crippen molar-refractivity contribution in [2.24, 2.45) is 0 Å². The maximum atomic E-state index is 12.0. The van der Waals surface area contributed by atoms with E-state index in [0.717, 1.165) is 58.0 Å². The minimum atomic E-state index is -0.0360. The number of hydrogen-bond acceptors (Lipinski definition) is 3. The molecule has 1 heterocycles. The third kappa shape index (κ3) is 5.00. The number of ether oxygens (including phenoxy) is 1. The Kier molecular flexibility index (Phi) is 6.68. The molecule has 22 heavy (non-hydrogen) atoms. The van der Waals surface area contributed by atoms with Crippen LogP contribution in [-0.2, 0) is 11.2 Å². The Bertz CT molecular complexity index is 451. The van der Waals surface area contributed by atoms with Crippen LogP contribution < -0.4 is 5.32 Å². The van der Waals surface area contributed by atoms with E-state index < -0.39 is 0 Å². The van der Waals surface area contributed by atoms with Crippen LogP contribution in [0.3, 0.4) is 0 Å². The van der Waals surface area contributed by atoms with Gasteiger partial charge in [0.15, 0.2) is 0 Å². The van der Waals surface area contributed by atoms with E-state index in [1.165, 1.54) is 5.56 Å². The smallest absolute Gasteiger partial charge is 0.321 e. The van der Waals surface area contributed by atoms with E-state index >= 15 is 0 Å². The quantitative estimate of drug-likeness (QED) is 0.878. The second-order valence-corrected chi connectivity index (χ2v) is 5.50. The molecule has 1 fully saturated rings. The highest BCUT2D eigenvalue weighted by atomic mass is 16.5. The Morgan fingerprint density at radius 2 is 1.82 bits per heavy atom. The molecule has 0 aromatic heterocycles. The van der Waals surface area contributed by atoms with Crippen molar-refractivity contribution in [2.45, 2.75) is 20.3 Å². The predicted molar refractivity (Wildman–Crippen MR) is 89.3 cm³/mol. The Balaban J connectivity index is 1.80. The molecule has 0 radical (unpaired) electrons. The normalized spacial score (nSPS) is 15.5. The van der Waals surface area contributed by atoms with Gasteiger partial charge in [0.1, 0.15) is 0 Å². The molecule has 2 amide bonds. The maximum Gasteiger partial charge on any atom is 0.321 e. The van der Waals surface area contributed by atoms with Crippen LogP contribution in [0.1, 0.15) is 19.4 Å². The van der Waals surface area contributed by atoms with E-state index in [9.17, 15) is 4.79 Å². The van der Waals surface area contributed by atoms with Gasteiger partial charge in [-0.25, -0.2) is 4.79 Å². The summed E-state index contributed by atoms with van der Waals surface area (Å²) in [5.41, 5.74) is 2.15. The maximum absolute atomic E-state index is 12.0. The molecule has 1 aromatic carbocycles. The number of hydrogen-bond donors (Lipinski definition) is 1. The number of nitrogens with zero attached hydrogens (tertiary/aromatic N) is 2. The van der Waals surface area contributed by atoms with E-state index in [-0.39, 0.29) is 6.03 Å². The van der Waals surface area contributed by atoms with Gasteiger partial charge in [-0.2, -0.15) is 0 Å². The molecule has 0 unspecified atom stereocenters. The lowest BCUT2D eigenvalue weighted by molar-refractivity contribution is 0.0384. The van der Waals surface area contributed by atoms with Crippen molar-refractivity contribution < 1.29 is 9.53 Å². The number of nitrogens with one attached hydrogen (secondary N) is 1. The molecular weight excluding hydrogens is 278 g/mol. The van der Waals surface area contributed by atoms with Gasteiger partial charge in [-0.15, -0.1) is 0 Å². The Morgan fingerprint density at radius 3 is 2.41 bits per heavy atom. The molecule has 1 aliphatic heterocycles. The van der Waals surface area contributed by atoms with E-state index in [0.29, 0.717) is 0 Å². The topological polar surface area (TPSA) is 44.8 Å². The van der Waals surface area contributed by atoms with Crippen LogP contribution >= 0.6 is 0 Å². The average Bonchev–Trinajstić information content (AvgIpc) is 2.56. The minimum Gasteiger partial charge on any atom is -0.379 e. The van der Waals surface area contributed by atoms with Crippen LogP contribution in [0.5, 0.6) is 0 Å². The molecule has 5 nitrogen and oxygen atoms in total. The van der Waals surface area contributed by atoms with Gasteiger partial charge in [0.2, 0.25) is 0 Å². The monoisotopic (exact) mass is 305 g/mol. The third-order valence-electron chi connectivity index (χ3n) is 4.08. The van der Waals surface area contributed by atoms with Gasteiger partial charge >= 0.3 is 6.03 Å². The van der Waals surface area contributed by atoms with Crippen molar-refractivity contribution in [3.05, 3.63) is 29.8 Å². The first-order valence-electron chi connectivity index (χ1n) is 8.18. The second kappa shape index (κ2) is 8.76. The van der Waals surface area contributed by atoms with Gasteiger partial charge in [-0.1, -0.05) is 12.1 Å². The Morgan fingerprint density at radius 1 is 1.18 bits per heavy atom. The number of anilines is 1. The second-order valence-electron chi connectivity index (χ2n) is 5.50. The lowest BCUT2D eigenvalue weighted by Crippen LogP contribution is -2.37. The molecule has 0 spiro atoms. The first kappa shape index (κ1) is 16.8. The number of benzene rings is 1. The molecule has 122 valence electrons. The molecule has 0 bridgehead atoms. The van der Waals surface area contributed by atoms with Crippen LogP contribution in [0.15, 0.2) is 24.3 Å². The highest BCUT2D eigenvalue weighted by molar-refractivity contribution is 5.89. The highest BCUT2D eigenvalue weighted by Gasteiger charge is 2.11. The first-order chi connectivity index (χ1) is 10.7. The SMILES string of the molecule is CCN(CC)C(=O)Nc1ccc(CCN2CCOCC2)cc1. The summed E-state index contributed by atoms with van der Waals surface area (Å²) in [4.78, 5) is 16.2. The summed E-state index contributed by atoms with van der Waals surface area (Å²) in [6.07, 6.45) is 1.03. The molecule has 2 rings (SSSR count). The fourth-order valence-electron chi connectivity index (χ4n) is 2.58. The molecule has 1 N–H and O–H groups in total. The summed E-state index contributed by atoms with van der Waals surface area (Å²) in [7, 11) is 0. The van der Waals surface area contributed by atoms with E-state index in [4.69, 9.17) is 4.74 Å². The van der Waals surface area contributed by atoms with Gasteiger partial charge in [-0.05, 0) is 38.0 Å². The summed E-state index contributed by atoms with van der Waals surface area (Å²) in [5.74, 6) is 0. The number of morpholine rings is 1. The van der Waals surface area contributed by atoms with E-state index in [1.54, 1.807) is 4.90 Å². The van der Waals surface area contributed by atoms with Gasteiger partial charge in [0.05, 0.1) is 13.2 Å². The van der Waals surface area contributed by atoms with Crippen molar-refractivity contribution >= 4 is 11.7 Å². The zero-order valence-corrected chi connectivity index (χ0v) is 13.7. The molecule has 0 saturated carbocycles. The van der Waals surface area contributed by atoms with Gasteiger partial charge in [-0.3, -0.25) is 4.90 Å². The summed E-state index contributed by atoms with van der Waals surface area (Å²) in [6, 6.07) is 8.12. The molecule has 0 atom stereocenters. The van der Waals surface area contributed by atoms with Crippen LogP contribution in [0.25, 0.3) is 0 Å². The zero-order valence-electron chi connectivity index (χ0n) is 13.7. The van der Waals surface area contributed by atoms with Crippen molar-refractivity contribution in [3.8, 4) is 0 Å². The predicted octanol–water partition coefficient (Wildman–Crippen LogP) is 2.44. The summed E-state index contributed by atoms with van der Waals surface area (Å²) < 4.78 is 5.36. The van der Waals surface area contributed by atoms with Crippen LogP contribution in [-0.4, -0.2) is 61.8 Å². The highest BCUT2D eigenvalue weighted by Crippen LogP contribution is 2.12. The van der Waals surface area contributed by atoms with E-state index in [1.807, 2.05) is 26.0 Å². The number of carbonyl (C=O) groups is 1. The number of urea groups is 1. The van der Waals surface area contributed by atoms with Crippen molar-refractivity contribution in [1.82, 2.24) is 9.80 Å². The first-order valence-corrected chi connectivity index (χ1v) is 8.18. The molecule has 0 aliphatic carbocycles. The summed E-state index contributed by atoms with van der Waals surface area (Å²) in [6.45, 7) is 10.2. The molecular formula is C17H27N3O2. The largest absolute Gasteiger partial charge is 0.379 e. The van der Waals surface area contributed by atoms with Crippen LogP contribution in [0, 0.1) is 0 Å². The number of carbonyl (C=O) groups excluding carboxylic acids is 1. The Hall–Kier alpha value is -1.59. The third-order valence-corrected chi connectivity index (χ3v) is 4.08. The van der Waals surface area contributed by atoms with Crippen molar-refractivity contribution in [3.63, 3.8) is 0 Å². The van der Waals surface area contributed by atoms with Crippen LogP contribution in [0.2, 0.25) is 0 Å². The van der Waals surface area contributed by atoms with E-state index in [2.05, 4.69) is 22.3 Å². The fraction of sp³-hybridized carbons (Fsp3) is 0.588. The number of rotatable bonds is 6. The van der Waals surface area contributed by atoms with Crippen molar-refractivity contribution in [1.29, 1.82) is 0 Å². The van der Waals surface area contributed by atoms with Gasteiger partial charge in [0.25, 0.3) is 0 Å². The number of amides is 2. The molecule has 1 aliphatic rings. The lowest BCUT2D eigenvalue weighted by Gasteiger charge is -2.26. The van der Waals surface area contributed by atoms with Gasteiger partial charge < -0.3 is 15.0 Å². The van der Waals surface area contributed by atoms with Crippen molar-refractivity contribution in [2.75, 3.05) is 51.3 Å². The minimum absolute atomic E-state index is 0.0360.